The highest BCUT2D eigenvalue weighted by Crippen LogP contribution is 2.43. The van der Waals surface area contributed by atoms with Gasteiger partial charge in [0.15, 0.2) is 0 Å². The Bertz CT molecular complexity index is 1190. The van der Waals surface area contributed by atoms with Gasteiger partial charge >= 0.3 is 12.1 Å². The molecule has 1 saturated heterocycles. The molecule has 2 saturated carbocycles. The van der Waals surface area contributed by atoms with Crippen molar-refractivity contribution in [2.45, 2.75) is 83.0 Å². The summed E-state index contributed by atoms with van der Waals surface area (Å²) in [5.41, 5.74) is 4.39. The van der Waals surface area contributed by atoms with Crippen molar-refractivity contribution in [2.75, 3.05) is 13.1 Å². The van der Waals surface area contributed by atoms with Crippen molar-refractivity contribution in [2.24, 2.45) is 11.1 Å². The monoisotopic (exact) mass is 528 g/mol. The van der Waals surface area contributed by atoms with E-state index >= 15 is 0 Å². The predicted molar refractivity (Wildman–Crippen MR) is 139 cm³/mol. The van der Waals surface area contributed by atoms with Crippen LogP contribution in [0.4, 0.5) is 13.2 Å². The lowest BCUT2D eigenvalue weighted by Crippen LogP contribution is -2.49. The molecule has 1 heterocycles. The molecule has 0 bridgehead atoms. The Labute approximate surface area is 221 Å². The standard InChI is InChI=1S/C30H35F3N2O3/c1-19(23-10-11-24(27(14-23)22-8-9-22)15-35-16-25(17-35)29(36)37)34-38-18-20-7-12-26(21-5-3-2-4-6-21)28(13-20)30(31,32)33/h7,10-14,21-22,25H,2-6,8-9,15-18H2,1H3,(H,36,37)/b34-19-. The Balaban J connectivity index is 1.25. The third-order valence-corrected chi connectivity index (χ3v) is 8.18. The van der Waals surface area contributed by atoms with Crippen LogP contribution in [0.5, 0.6) is 0 Å². The van der Waals surface area contributed by atoms with Gasteiger partial charge in [-0.15, -0.1) is 0 Å². The number of benzene rings is 2. The van der Waals surface area contributed by atoms with Crippen molar-refractivity contribution < 1.29 is 27.9 Å². The number of alkyl halides is 3. The molecule has 0 unspecified atom stereocenters. The number of carboxylic acids is 1. The molecular weight excluding hydrogens is 493 g/mol. The summed E-state index contributed by atoms with van der Waals surface area (Å²) in [7, 11) is 0. The molecule has 0 aromatic heterocycles. The minimum absolute atomic E-state index is 0.0288. The van der Waals surface area contributed by atoms with E-state index in [1.807, 2.05) is 13.0 Å². The lowest BCUT2D eigenvalue weighted by Gasteiger charge is -2.37. The van der Waals surface area contributed by atoms with Crippen molar-refractivity contribution in [3.63, 3.8) is 0 Å². The third-order valence-electron chi connectivity index (χ3n) is 8.18. The molecule has 204 valence electrons. The average Bonchev–Trinajstić information content (AvgIpc) is 3.71. The molecule has 38 heavy (non-hydrogen) atoms. The molecule has 0 radical (unpaired) electrons. The number of halogens is 3. The SMILES string of the molecule is C/C(=N/OCc1ccc(C2CCCCC2)c(C(F)(F)F)c1)c1ccc(CN2CC(C(=O)O)C2)c(C2CC2)c1. The Morgan fingerprint density at radius 2 is 1.71 bits per heavy atom. The van der Waals surface area contributed by atoms with Gasteiger partial charge in [-0.2, -0.15) is 13.2 Å². The minimum Gasteiger partial charge on any atom is -0.481 e. The van der Waals surface area contributed by atoms with Crippen molar-refractivity contribution in [3.05, 3.63) is 69.8 Å². The van der Waals surface area contributed by atoms with Crippen molar-refractivity contribution in [3.8, 4) is 0 Å². The number of aliphatic carboxylic acids is 1. The molecule has 0 spiro atoms. The molecule has 2 aromatic carbocycles. The number of hydrogen-bond donors (Lipinski definition) is 1. The molecule has 5 nitrogen and oxygen atoms in total. The third kappa shape index (κ3) is 6.22. The maximum absolute atomic E-state index is 13.9. The fraction of sp³-hybridized carbons (Fsp3) is 0.533. The van der Waals surface area contributed by atoms with Gasteiger partial charge in [-0.3, -0.25) is 9.69 Å². The van der Waals surface area contributed by atoms with Crippen LogP contribution in [0, 0.1) is 5.92 Å². The second-order valence-corrected chi connectivity index (χ2v) is 11.1. The van der Waals surface area contributed by atoms with Crippen LogP contribution in [0.3, 0.4) is 0 Å². The maximum Gasteiger partial charge on any atom is 0.416 e. The molecule has 1 N–H and O–H groups in total. The van der Waals surface area contributed by atoms with Crippen molar-refractivity contribution in [1.82, 2.24) is 4.90 Å². The van der Waals surface area contributed by atoms with Gasteiger partial charge in [-0.05, 0) is 84.4 Å². The lowest BCUT2D eigenvalue weighted by atomic mass is 9.81. The zero-order valence-corrected chi connectivity index (χ0v) is 21.8. The molecule has 0 amide bonds. The quantitative estimate of drug-likeness (QED) is 0.279. The highest BCUT2D eigenvalue weighted by atomic mass is 19.4. The van der Waals surface area contributed by atoms with Gasteiger partial charge in [0.2, 0.25) is 0 Å². The summed E-state index contributed by atoms with van der Waals surface area (Å²) in [6.45, 7) is 3.70. The van der Waals surface area contributed by atoms with E-state index in [1.165, 1.54) is 17.2 Å². The number of rotatable bonds is 9. The summed E-state index contributed by atoms with van der Waals surface area (Å²) in [6.07, 6.45) is 2.56. The Morgan fingerprint density at radius 3 is 2.37 bits per heavy atom. The number of hydrogen-bond acceptors (Lipinski definition) is 4. The molecule has 5 rings (SSSR count). The number of carbonyl (C=O) groups is 1. The molecule has 2 aromatic rings. The van der Waals surface area contributed by atoms with Gasteiger partial charge in [0.25, 0.3) is 0 Å². The Kier molecular flexibility index (Phi) is 7.80. The van der Waals surface area contributed by atoms with Crippen LogP contribution in [-0.4, -0.2) is 34.8 Å². The van der Waals surface area contributed by atoms with E-state index in [0.29, 0.717) is 35.8 Å². The molecular formula is C30H35F3N2O3. The number of likely N-dealkylation sites (tertiary alicyclic amines) is 1. The van der Waals surface area contributed by atoms with Crippen molar-refractivity contribution in [1.29, 1.82) is 0 Å². The molecule has 8 heteroatoms. The first-order valence-electron chi connectivity index (χ1n) is 13.6. The predicted octanol–water partition coefficient (Wildman–Crippen LogP) is 7.09. The average molecular weight is 529 g/mol. The summed E-state index contributed by atoms with van der Waals surface area (Å²) in [6, 6.07) is 10.8. The zero-order valence-electron chi connectivity index (χ0n) is 21.8. The topological polar surface area (TPSA) is 62.1 Å². The van der Waals surface area contributed by atoms with Gasteiger partial charge in [0.05, 0.1) is 17.2 Å². The largest absolute Gasteiger partial charge is 0.481 e. The highest BCUT2D eigenvalue weighted by Gasteiger charge is 2.36. The molecule has 0 atom stereocenters. The van der Waals surface area contributed by atoms with E-state index in [0.717, 1.165) is 57.1 Å². The number of oxime groups is 1. The van der Waals surface area contributed by atoms with Crippen LogP contribution in [0.25, 0.3) is 0 Å². The molecule has 3 fully saturated rings. The molecule has 2 aliphatic carbocycles. The van der Waals surface area contributed by atoms with Crippen LogP contribution in [0.1, 0.15) is 97.1 Å². The fourth-order valence-corrected chi connectivity index (χ4v) is 5.80. The van der Waals surface area contributed by atoms with E-state index in [-0.39, 0.29) is 18.4 Å². The summed E-state index contributed by atoms with van der Waals surface area (Å²) >= 11 is 0. The van der Waals surface area contributed by atoms with Crippen LogP contribution in [0.15, 0.2) is 41.6 Å². The normalized spacial score (nSPS) is 19.8. The van der Waals surface area contributed by atoms with Gasteiger partial charge in [0, 0.05) is 19.6 Å². The first kappa shape index (κ1) is 26.7. The summed E-state index contributed by atoms with van der Waals surface area (Å²) < 4.78 is 41.6. The second-order valence-electron chi connectivity index (χ2n) is 11.1. The van der Waals surface area contributed by atoms with E-state index in [2.05, 4.69) is 22.2 Å². The lowest BCUT2D eigenvalue weighted by molar-refractivity contribution is -0.147. The fourth-order valence-electron chi connectivity index (χ4n) is 5.80. The minimum atomic E-state index is -4.40. The smallest absolute Gasteiger partial charge is 0.416 e. The second kappa shape index (κ2) is 11.1. The first-order valence-corrected chi connectivity index (χ1v) is 13.6. The Morgan fingerprint density at radius 1 is 1.00 bits per heavy atom. The van der Waals surface area contributed by atoms with E-state index in [4.69, 9.17) is 9.94 Å². The van der Waals surface area contributed by atoms with E-state index < -0.39 is 17.7 Å². The van der Waals surface area contributed by atoms with Crippen LogP contribution < -0.4 is 0 Å². The van der Waals surface area contributed by atoms with Gasteiger partial charge < -0.3 is 9.94 Å². The van der Waals surface area contributed by atoms with E-state index in [9.17, 15) is 18.0 Å². The molecule has 1 aliphatic heterocycles. The summed E-state index contributed by atoms with van der Waals surface area (Å²) in [5, 5.41) is 13.3. The van der Waals surface area contributed by atoms with Crippen LogP contribution >= 0.6 is 0 Å². The highest BCUT2D eigenvalue weighted by molar-refractivity contribution is 5.98. The van der Waals surface area contributed by atoms with Gasteiger partial charge in [0.1, 0.15) is 6.61 Å². The summed E-state index contributed by atoms with van der Waals surface area (Å²) in [4.78, 5) is 18.8. The van der Waals surface area contributed by atoms with Crippen LogP contribution in [0.2, 0.25) is 0 Å². The van der Waals surface area contributed by atoms with Crippen LogP contribution in [-0.2, 0) is 29.0 Å². The van der Waals surface area contributed by atoms with Gasteiger partial charge in [-0.1, -0.05) is 48.7 Å². The first-order chi connectivity index (χ1) is 18.2. The van der Waals surface area contributed by atoms with Gasteiger partial charge in [-0.25, -0.2) is 0 Å². The summed E-state index contributed by atoms with van der Waals surface area (Å²) in [5.74, 6) is -0.529. The Hall–Kier alpha value is -2.87. The van der Waals surface area contributed by atoms with E-state index in [1.54, 1.807) is 12.1 Å². The molecule has 3 aliphatic rings. The van der Waals surface area contributed by atoms with Crippen molar-refractivity contribution >= 4 is 11.7 Å². The number of carboxylic acid groups (broad SMARTS) is 1. The maximum atomic E-state index is 13.9. The number of nitrogens with zero attached hydrogens (tertiary/aromatic N) is 2. The zero-order chi connectivity index (χ0) is 26.9.